The Labute approximate surface area is 101 Å². The average Bonchev–Trinajstić information content (AvgIpc) is 2.64. The molecule has 0 amide bonds. The summed E-state index contributed by atoms with van der Waals surface area (Å²) < 4.78 is 15.1. The number of aryl methyl sites for hydroxylation is 2. The summed E-state index contributed by atoms with van der Waals surface area (Å²) in [4.78, 5) is 0. The van der Waals surface area contributed by atoms with E-state index >= 15 is 0 Å². The highest BCUT2D eigenvalue weighted by Gasteiger charge is 2.11. The highest BCUT2D eigenvalue weighted by Crippen LogP contribution is 2.21. The maximum Gasteiger partial charge on any atom is 0.126 e. The number of aromatic nitrogens is 2. The standard InChI is InChI=1S/C14H17FN2/c1-9(2)14-8-11(4)16-17(14)12-5-6-13(15)10(3)7-12/h5-9H,1-4H3. The molecule has 2 aromatic rings. The Hall–Kier alpha value is -1.64. The van der Waals surface area contributed by atoms with E-state index in [1.165, 1.54) is 6.07 Å². The molecule has 0 saturated heterocycles. The lowest BCUT2D eigenvalue weighted by molar-refractivity contribution is 0.617. The van der Waals surface area contributed by atoms with Gasteiger partial charge >= 0.3 is 0 Å². The normalized spacial score (nSPS) is 11.2. The third-order valence-corrected chi connectivity index (χ3v) is 2.84. The van der Waals surface area contributed by atoms with Gasteiger partial charge < -0.3 is 0 Å². The van der Waals surface area contributed by atoms with E-state index in [4.69, 9.17) is 0 Å². The van der Waals surface area contributed by atoms with Crippen molar-refractivity contribution in [1.29, 1.82) is 0 Å². The van der Waals surface area contributed by atoms with Crippen LogP contribution in [-0.4, -0.2) is 9.78 Å². The van der Waals surface area contributed by atoms with Crippen LogP contribution in [0.5, 0.6) is 0 Å². The zero-order valence-corrected chi connectivity index (χ0v) is 10.7. The van der Waals surface area contributed by atoms with Crippen molar-refractivity contribution in [2.45, 2.75) is 33.6 Å². The van der Waals surface area contributed by atoms with Gasteiger partial charge in [0.25, 0.3) is 0 Å². The van der Waals surface area contributed by atoms with Gasteiger partial charge in [0.1, 0.15) is 5.82 Å². The van der Waals surface area contributed by atoms with E-state index in [1.807, 2.05) is 17.7 Å². The molecule has 0 aliphatic heterocycles. The minimum absolute atomic E-state index is 0.177. The number of halogens is 1. The van der Waals surface area contributed by atoms with Crippen molar-refractivity contribution in [3.05, 3.63) is 47.0 Å². The van der Waals surface area contributed by atoms with E-state index in [-0.39, 0.29) is 5.82 Å². The van der Waals surface area contributed by atoms with Crippen LogP contribution in [0, 0.1) is 19.7 Å². The summed E-state index contributed by atoms with van der Waals surface area (Å²) >= 11 is 0. The summed E-state index contributed by atoms with van der Waals surface area (Å²) in [5, 5.41) is 4.47. The molecule has 0 aliphatic rings. The van der Waals surface area contributed by atoms with Crippen LogP contribution >= 0.6 is 0 Å². The molecular formula is C14H17FN2. The van der Waals surface area contributed by atoms with Crippen molar-refractivity contribution in [1.82, 2.24) is 9.78 Å². The Morgan fingerprint density at radius 3 is 2.47 bits per heavy atom. The Bertz CT molecular complexity index is 541. The van der Waals surface area contributed by atoms with Gasteiger partial charge in [-0.1, -0.05) is 13.8 Å². The Morgan fingerprint density at radius 1 is 1.18 bits per heavy atom. The summed E-state index contributed by atoms with van der Waals surface area (Å²) in [6, 6.07) is 7.16. The van der Waals surface area contributed by atoms with Gasteiger partial charge in [0, 0.05) is 5.69 Å². The second kappa shape index (κ2) is 4.32. The second-order valence-electron chi connectivity index (χ2n) is 4.71. The van der Waals surface area contributed by atoms with Crippen molar-refractivity contribution in [2.24, 2.45) is 0 Å². The largest absolute Gasteiger partial charge is 0.237 e. The van der Waals surface area contributed by atoms with Crippen LogP contribution in [0.2, 0.25) is 0 Å². The minimum atomic E-state index is -0.177. The van der Waals surface area contributed by atoms with Gasteiger partial charge in [-0.05, 0) is 49.6 Å². The van der Waals surface area contributed by atoms with Crippen LogP contribution in [0.3, 0.4) is 0 Å². The van der Waals surface area contributed by atoms with Gasteiger partial charge in [-0.15, -0.1) is 0 Å². The van der Waals surface area contributed by atoms with E-state index in [1.54, 1.807) is 13.0 Å². The molecule has 90 valence electrons. The quantitative estimate of drug-likeness (QED) is 0.771. The van der Waals surface area contributed by atoms with Crippen LogP contribution in [-0.2, 0) is 0 Å². The zero-order chi connectivity index (χ0) is 12.6. The molecular weight excluding hydrogens is 215 g/mol. The van der Waals surface area contributed by atoms with E-state index < -0.39 is 0 Å². The molecule has 17 heavy (non-hydrogen) atoms. The fourth-order valence-corrected chi connectivity index (χ4v) is 1.90. The Kier molecular flexibility index (Phi) is 3.01. The molecule has 1 aromatic heterocycles. The monoisotopic (exact) mass is 232 g/mol. The molecule has 0 spiro atoms. The summed E-state index contributed by atoms with van der Waals surface area (Å²) in [6.07, 6.45) is 0. The van der Waals surface area contributed by atoms with Crippen molar-refractivity contribution in [2.75, 3.05) is 0 Å². The maximum absolute atomic E-state index is 13.2. The molecule has 1 heterocycles. The minimum Gasteiger partial charge on any atom is -0.237 e. The predicted octanol–water partition coefficient (Wildman–Crippen LogP) is 3.75. The lowest BCUT2D eigenvalue weighted by Crippen LogP contribution is -2.04. The molecule has 0 N–H and O–H groups in total. The molecule has 1 aromatic carbocycles. The van der Waals surface area contributed by atoms with E-state index in [9.17, 15) is 4.39 Å². The number of nitrogens with zero attached hydrogens (tertiary/aromatic N) is 2. The molecule has 0 unspecified atom stereocenters. The van der Waals surface area contributed by atoms with Gasteiger partial charge in [0.2, 0.25) is 0 Å². The van der Waals surface area contributed by atoms with Gasteiger partial charge in [-0.25, -0.2) is 9.07 Å². The fraction of sp³-hybridized carbons (Fsp3) is 0.357. The fourth-order valence-electron chi connectivity index (χ4n) is 1.90. The van der Waals surface area contributed by atoms with Crippen LogP contribution in [0.4, 0.5) is 4.39 Å². The highest BCUT2D eigenvalue weighted by atomic mass is 19.1. The van der Waals surface area contributed by atoms with Crippen molar-refractivity contribution < 1.29 is 4.39 Å². The van der Waals surface area contributed by atoms with Crippen LogP contribution in [0.15, 0.2) is 24.3 Å². The Morgan fingerprint density at radius 2 is 1.88 bits per heavy atom. The zero-order valence-electron chi connectivity index (χ0n) is 10.7. The number of rotatable bonds is 2. The molecule has 0 saturated carbocycles. The first kappa shape index (κ1) is 11.8. The summed E-state index contributed by atoms with van der Waals surface area (Å²) in [7, 11) is 0. The summed E-state index contributed by atoms with van der Waals surface area (Å²) in [6.45, 7) is 8.00. The SMILES string of the molecule is Cc1cc(C(C)C)n(-c2ccc(F)c(C)c2)n1. The molecule has 0 radical (unpaired) electrons. The molecule has 0 bridgehead atoms. The number of benzene rings is 1. The highest BCUT2D eigenvalue weighted by molar-refractivity contribution is 5.38. The van der Waals surface area contributed by atoms with Crippen molar-refractivity contribution >= 4 is 0 Å². The molecule has 0 atom stereocenters. The first-order chi connectivity index (χ1) is 7.99. The van der Waals surface area contributed by atoms with Gasteiger partial charge in [-0.2, -0.15) is 5.10 Å². The summed E-state index contributed by atoms with van der Waals surface area (Å²) in [5.74, 6) is 0.213. The molecule has 3 heteroatoms. The molecule has 0 aliphatic carbocycles. The van der Waals surface area contributed by atoms with Crippen LogP contribution in [0.1, 0.15) is 36.7 Å². The third-order valence-electron chi connectivity index (χ3n) is 2.84. The van der Waals surface area contributed by atoms with E-state index in [0.29, 0.717) is 11.5 Å². The Balaban J connectivity index is 2.55. The number of hydrogen-bond acceptors (Lipinski definition) is 1. The average molecular weight is 232 g/mol. The maximum atomic E-state index is 13.2. The van der Waals surface area contributed by atoms with Crippen molar-refractivity contribution in [3.8, 4) is 5.69 Å². The second-order valence-corrected chi connectivity index (χ2v) is 4.71. The summed E-state index contributed by atoms with van der Waals surface area (Å²) in [5.41, 5.74) is 3.69. The predicted molar refractivity (Wildman–Crippen MR) is 67.1 cm³/mol. The third kappa shape index (κ3) is 2.23. The molecule has 2 nitrogen and oxygen atoms in total. The molecule has 2 rings (SSSR count). The lowest BCUT2D eigenvalue weighted by atomic mass is 10.1. The smallest absolute Gasteiger partial charge is 0.126 e. The number of hydrogen-bond donors (Lipinski definition) is 0. The first-order valence-electron chi connectivity index (χ1n) is 5.82. The van der Waals surface area contributed by atoms with Gasteiger partial charge in [0.05, 0.1) is 11.4 Å². The molecule has 0 fully saturated rings. The topological polar surface area (TPSA) is 17.8 Å². The van der Waals surface area contributed by atoms with Crippen molar-refractivity contribution in [3.63, 3.8) is 0 Å². The van der Waals surface area contributed by atoms with E-state index in [2.05, 4.69) is 25.0 Å². The first-order valence-corrected chi connectivity index (χ1v) is 5.82. The van der Waals surface area contributed by atoms with Gasteiger partial charge in [-0.3, -0.25) is 0 Å². The lowest BCUT2D eigenvalue weighted by Gasteiger charge is -2.10. The van der Waals surface area contributed by atoms with E-state index in [0.717, 1.165) is 17.1 Å². The van der Waals surface area contributed by atoms with Gasteiger partial charge in [0.15, 0.2) is 0 Å². The van der Waals surface area contributed by atoms with Crippen LogP contribution in [0.25, 0.3) is 5.69 Å². The van der Waals surface area contributed by atoms with Crippen LogP contribution < -0.4 is 0 Å².